The molecule has 130 valence electrons. The number of ether oxygens (including phenoxy) is 1. The molecule has 0 aliphatic heterocycles. The SMILES string of the molecule is CCc1c(C(C)NS(=O)(=O)c2ccc(Cl)c(Cl)c2)ccnc1OC. The van der Waals surface area contributed by atoms with Gasteiger partial charge in [-0.3, -0.25) is 0 Å². The normalized spacial score (nSPS) is 12.9. The van der Waals surface area contributed by atoms with Gasteiger partial charge >= 0.3 is 0 Å². The number of halogens is 2. The molecule has 5 nitrogen and oxygen atoms in total. The number of sulfonamides is 1. The molecule has 1 aromatic carbocycles. The van der Waals surface area contributed by atoms with Gasteiger partial charge in [-0.15, -0.1) is 0 Å². The summed E-state index contributed by atoms with van der Waals surface area (Å²) in [5.41, 5.74) is 1.68. The Morgan fingerprint density at radius 1 is 1.25 bits per heavy atom. The molecule has 2 aromatic rings. The van der Waals surface area contributed by atoms with E-state index in [4.69, 9.17) is 27.9 Å². The van der Waals surface area contributed by atoms with Gasteiger partial charge in [-0.25, -0.2) is 18.1 Å². The molecule has 0 saturated carbocycles. The lowest BCUT2D eigenvalue weighted by Crippen LogP contribution is -2.27. The molecule has 0 fully saturated rings. The largest absolute Gasteiger partial charge is 0.481 e. The second kappa shape index (κ2) is 7.70. The van der Waals surface area contributed by atoms with Crippen molar-refractivity contribution in [2.24, 2.45) is 0 Å². The Morgan fingerprint density at radius 3 is 2.54 bits per heavy atom. The highest BCUT2D eigenvalue weighted by Gasteiger charge is 2.22. The van der Waals surface area contributed by atoms with Crippen LogP contribution in [0.25, 0.3) is 0 Å². The van der Waals surface area contributed by atoms with Crippen LogP contribution in [0.4, 0.5) is 0 Å². The lowest BCUT2D eigenvalue weighted by atomic mass is 10.0. The third-order valence-corrected chi connectivity index (χ3v) is 5.88. The first-order chi connectivity index (χ1) is 11.3. The van der Waals surface area contributed by atoms with Gasteiger partial charge in [0.25, 0.3) is 0 Å². The maximum atomic E-state index is 12.6. The summed E-state index contributed by atoms with van der Waals surface area (Å²) in [6.45, 7) is 3.73. The van der Waals surface area contributed by atoms with E-state index in [9.17, 15) is 8.42 Å². The molecule has 8 heteroatoms. The minimum Gasteiger partial charge on any atom is -0.481 e. The van der Waals surface area contributed by atoms with Crippen molar-refractivity contribution in [2.45, 2.75) is 31.2 Å². The van der Waals surface area contributed by atoms with Crippen LogP contribution < -0.4 is 9.46 Å². The van der Waals surface area contributed by atoms with E-state index in [1.165, 1.54) is 25.3 Å². The van der Waals surface area contributed by atoms with E-state index in [0.717, 1.165) is 11.1 Å². The van der Waals surface area contributed by atoms with Crippen molar-refractivity contribution in [3.05, 3.63) is 51.6 Å². The average Bonchev–Trinajstić information content (AvgIpc) is 2.55. The predicted molar refractivity (Wildman–Crippen MR) is 95.4 cm³/mol. The number of hydrogen-bond acceptors (Lipinski definition) is 4. The minimum absolute atomic E-state index is 0.0582. The summed E-state index contributed by atoms with van der Waals surface area (Å²) in [6, 6.07) is 5.51. The molecule has 0 spiro atoms. The molecular formula is C16H18Cl2N2O3S. The maximum absolute atomic E-state index is 12.6. The van der Waals surface area contributed by atoms with Crippen molar-refractivity contribution in [3.63, 3.8) is 0 Å². The minimum atomic E-state index is -3.75. The summed E-state index contributed by atoms with van der Waals surface area (Å²) in [7, 11) is -2.21. The molecule has 0 amide bonds. The van der Waals surface area contributed by atoms with Crippen LogP contribution in [-0.4, -0.2) is 20.5 Å². The summed E-state index contributed by atoms with van der Waals surface area (Å²) in [5, 5.41) is 0.489. The fraction of sp³-hybridized carbons (Fsp3) is 0.312. The second-order valence-electron chi connectivity index (χ2n) is 5.16. The standard InChI is InChI=1S/C16H18Cl2N2O3S/c1-4-12-13(7-8-19-16(12)23-3)10(2)20-24(21,22)11-5-6-14(17)15(18)9-11/h5-10,20H,4H2,1-3H3. The molecule has 1 unspecified atom stereocenters. The lowest BCUT2D eigenvalue weighted by molar-refractivity contribution is 0.391. The molecule has 0 aliphatic carbocycles. The van der Waals surface area contributed by atoms with E-state index in [1.807, 2.05) is 6.92 Å². The van der Waals surface area contributed by atoms with Crippen molar-refractivity contribution < 1.29 is 13.2 Å². The van der Waals surface area contributed by atoms with Gasteiger partial charge in [-0.2, -0.15) is 0 Å². The average molecular weight is 389 g/mol. The predicted octanol–water partition coefficient (Wildman–Crippen LogP) is 4.00. The summed E-state index contributed by atoms with van der Waals surface area (Å²) in [6.07, 6.45) is 2.27. The van der Waals surface area contributed by atoms with E-state index < -0.39 is 16.1 Å². The smallest absolute Gasteiger partial charge is 0.241 e. The number of rotatable bonds is 6. The van der Waals surface area contributed by atoms with E-state index in [1.54, 1.807) is 19.2 Å². The number of aromatic nitrogens is 1. The van der Waals surface area contributed by atoms with Crippen molar-refractivity contribution in [1.29, 1.82) is 0 Å². The Morgan fingerprint density at radius 2 is 1.96 bits per heavy atom. The first-order valence-corrected chi connectivity index (χ1v) is 9.53. The summed E-state index contributed by atoms with van der Waals surface area (Å²) >= 11 is 11.7. The molecular weight excluding hydrogens is 371 g/mol. The van der Waals surface area contributed by atoms with Crippen LogP contribution in [-0.2, 0) is 16.4 Å². The van der Waals surface area contributed by atoms with Crippen LogP contribution in [0.3, 0.4) is 0 Å². The Balaban J connectivity index is 2.34. The van der Waals surface area contributed by atoms with Crippen LogP contribution in [0.5, 0.6) is 5.88 Å². The molecule has 24 heavy (non-hydrogen) atoms. The molecule has 0 radical (unpaired) electrons. The van der Waals surface area contributed by atoms with Crippen LogP contribution in [0, 0.1) is 0 Å². The highest BCUT2D eigenvalue weighted by atomic mass is 35.5. The van der Waals surface area contributed by atoms with Gasteiger partial charge in [0.2, 0.25) is 15.9 Å². The number of methoxy groups -OCH3 is 1. The van der Waals surface area contributed by atoms with Gasteiger partial charge in [-0.05, 0) is 43.2 Å². The maximum Gasteiger partial charge on any atom is 0.241 e. The fourth-order valence-electron chi connectivity index (χ4n) is 2.43. The van der Waals surface area contributed by atoms with Crippen molar-refractivity contribution in [2.75, 3.05) is 7.11 Å². The summed E-state index contributed by atoms with van der Waals surface area (Å²) in [5.74, 6) is 0.496. The van der Waals surface area contributed by atoms with Gasteiger partial charge in [0.1, 0.15) is 0 Å². The zero-order valence-corrected chi connectivity index (χ0v) is 15.8. The van der Waals surface area contributed by atoms with Crippen LogP contribution >= 0.6 is 23.2 Å². The van der Waals surface area contributed by atoms with Crippen molar-refractivity contribution in [3.8, 4) is 5.88 Å². The lowest BCUT2D eigenvalue weighted by Gasteiger charge is -2.19. The number of hydrogen-bond donors (Lipinski definition) is 1. The van der Waals surface area contributed by atoms with Crippen LogP contribution in [0.2, 0.25) is 10.0 Å². The molecule has 0 bridgehead atoms. The number of benzene rings is 1. The molecule has 1 heterocycles. The first kappa shape index (κ1) is 19.0. The molecule has 0 aliphatic rings. The van der Waals surface area contributed by atoms with E-state index >= 15 is 0 Å². The Hall–Kier alpha value is -1.34. The number of nitrogens with zero attached hydrogens (tertiary/aromatic N) is 1. The van der Waals surface area contributed by atoms with E-state index in [2.05, 4.69) is 9.71 Å². The zero-order chi connectivity index (χ0) is 17.9. The topological polar surface area (TPSA) is 68.3 Å². The zero-order valence-electron chi connectivity index (χ0n) is 13.5. The third-order valence-electron chi connectivity index (χ3n) is 3.60. The van der Waals surface area contributed by atoms with Crippen LogP contribution in [0.1, 0.15) is 31.0 Å². The Bertz CT molecular complexity index is 841. The summed E-state index contributed by atoms with van der Waals surface area (Å²) < 4.78 is 33.0. The second-order valence-corrected chi connectivity index (χ2v) is 7.69. The molecule has 0 saturated heterocycles. The van der Waals surface area contributed by atoms with E-state index in [-0.39, 0.29) is 9.92 Å². The fourth-order valence-corrected chi connectivity index (χ4v) is 4.04. The number of nitrogens with one attached hydrogen (secondary N) is 1. The first-order valence-electron chi connectivity index (χ1n) is 7.29. The van der Waals surface area contributed by atoms with Gasteiger partial charge in [0.05, 0.1) is 22.1 Å². The monoisotopic (exact) mass is 388 g/mol. The van der Waals surface area contributed by atoms with Crippen LogP contribution in [0.15, 0.2) is 35.4 Å². The van der Waals surface area contributed by atoms with Gasteiger partial charge in [0.15, 0.2) is 0 Å². The summed E-state index contributed by atoms with van der Waals surface area (Å²) in [4.78, 5) is 4.21. The quantitative estimate of drug-likeness (QED) is 0.811. The van der Waals surface area contributed by atoms with E-state index in [0.29, 0.717) is 17.3 Å². The highest BCUT2D eigenvalue weighted by Crippen LogP contribution is 2.28. The van der Waals surface area contributed by atoms with Gasteiger partial charge in [0, 0.05) is 17.8 Å². The third kappa shape index (κ3) is 4.00. The Labute approximate surface area is 152 Å². The van der Waals surface area contributed by atoms with Gasteiger partial charge < -0.3 is 4.74 Å². The highest BCUT2D eigenvalue weighted by molar-refractivity contribution is 7.89. The molecule has 1 aromatic heterocycles. The molecule has 1 atom stereocenters. The molecule has 1 N–H and O–H groups in total. The van der Waals surface area contributed by atoms with Gasteiger partial charge in [-0.1, -0.05) is 30.1 Å². The molecule has 2 rings (SSSR count). The van der Waals surface area contributed by atoms with Crippen molar-refractivity contribution in [1.82, 2.24) is 9.71 Å². The Kier molecular flexibility index (Phi) is 6.09. The number of pyridine rings is 1. The van der Waals surface area contributed by atoms with Crippen molar-refractivity contribution >= 4 is 33.2 Å².